The summed E-state index contributed by atoms with van der Waals surface area (Å²) in [5, 5.41) is 3.97. The lowest BCUT2D eigenvalue weighted by molar-refractivity contribution is 0.386. The van der Waals surface area contributed by atoms with Crippen molar-refractivity contribution in [1.82, 2.24) is 9.78 Å². The zero-order valence-electron chi connectivity index (χ0n) is 8.14. The molecule has 0 spiro atoms. The predicted octanol–water partition coefficient (Wildman–Crippen LogP) is 1.60. The Morgan fingerprint density at radius 3 is 2.73 bits per heavy atom. The number of halogens is 1. The smallest absolute Gasteiger partial charge is 0.167 e. The SMILES string of the molecule is COc1ccc(-n2nccc2N)cc1F. The molecule has 1 aromatic heterocycles. The molecule has 4 nitrogen and oxygen atoms in total. The van der Waals surface area contributed by atoms with E-state index in [1.807, 2.05) is 0 Å². The fraction of sp³-hybridized carbons (Fsp3) is 0.100. The van der Waals surface area contributed by atoms with Gasteiger partial charge in [0.05, 0.1) is 19.0 Å². The molecule has 0 aliphatic heterocycles. The average Bonchev–Trinajstić information content (AvgIpc) is 2.64. The van der Waals surface area contributed by atoms with Crippen molar-refractivity contribution < 1.29 is 9.13 Å². The summed E-state index contributed by atoms with van der Waals surface area (Å²) in [7, 11) is 1.42. The number of methoxy groups -OCH3 is 1. The largest absolute Gasteiger partial charge is 0.494 e. The van der Waals surface area contributed by atoms with E-state index < -0.39 is 5.82 Å². The first-order valence-corrected chi connectivity index (χ1v) is 4.36. The van der Waals surface area contributed by atoms with E-state index in [-0.39, 0.29) is 5.75 Å². The zero-order chi connectivity index (χ0) is 10.8. The fourth-order valence-corrected chi connectivity index (χ4v) is 1.32. The lowest BCUT2D eigenvalue weighted by atomic mass is 10.3. The second-order valence-corrected chi connectivity index (χ2v) is 2.99. The molecule has 0 atom stereocenters. The summed E-state index contributed by atoms with van der Waals surface area (Å²) in [6, 6.07) is 6.18. The highest BCUT2D eigenvalue weighted by Gasteiger charge is 2.06. The minimum absolute atomic E-state index is 0.199. The highest BCUT2D eigenvalue weighted by molar-refractivity contribution is 5.44. The van der Waals surface area contributed by atoms with E-state index in [0.717, 1.165) is 0 Å². The first-order chi connectivity index (χ1) is 7.22. The van der Waals surface area contributed by atoms with Crippen LogP contribution in [0.2, 0.25) is 0 Å². The number of hydrogen-bond acceptors (Lipinski definition) is 3. The van der Waals surface area contributed by atoms with Crippen LogP contribution >= 0.6 is 0 Å². The maximum absolute atomic E-state index is 13.4. The molecule has 2 N–H and O–H groups in total. The van der Waals surface area contributed by atoms with Crippen molar-refractivity contribution in [2.24, 2.45) is 0 Å². The van der Waals surface area contributed by atoms with Crippen molar-refractivity contribution in [3.63, 3.8) is 0 Å². The first-order valence-electron chi connectivity index (χ1n) is 4.36. The van der Waals surface area contributed by atoms with Gasteiger partial charge in [0.1, 0.15) is 5.82 Å². The molecule has 0 aliphatic carbocycles. The molecule has 1 aromatic carbocycles. The number of nitrogen functional groups attached to an aromatic ring is 1. The van der Waals surface area contributed by atoms with E-state index >= 15 is 0 Å². The number of anilines is 1. The van der Waals surface area contributed by atoms with Crippen molar-refractivity contribution in [1.29, 1.82) is 0 Å². The summed E-state index contributed by atoms with van der Waals surface area (Å²) < 4.78 is 19.6. The molecule has 15 heavy (non-hydrogen) atoms. The molecular formula is C10H10FN3O. The van der Waals surface area contributed by atoms with Gasteiger partial charge in [0, 0.05) is 12.1 Å². The van der Waals surface area contributed by atoms with E-state index in [2.05, 4.69) is 5.10 Å². The quantitative estimate of drug-likeness (QED) is 0.813. The third-order valence-electron chi connectivity index (χ3n) is 2.05. The fourth-order valence-electron chi connectivity index (χ4n) is 1.32. The highest BCUT2D eigenvalue weighted by Crippen LogP contribution is 2.20. The van der Waals surface area contributed by atoms with E-state index in [9.17, 15) is 4.39 Å². The Morgan fingerprint density at radius 2 is 2.20 bits per heavy atom. The molecule has 1 heterocycles. The summed E-state index contributed by atoms with van der Waals surface area (Å²) >= 11 is 0. The average molecular weight is 207 g/mol. The topological polar surface area (TPSA) is 53.1 Å². The molecular weight excluding hydrogens is 197 g/mol. The minimum Gasteiger partial charge on any atom is -0.494 e. The van der Waals surface area contributed by atoms with Gasteiger partial charge in [0.25, 0.3) is 0 Å². The van der Waals surface area contributed by atoms with Gasteiger partial charge < -0.3 is 10.5 Å². The van der Waals surface area contributed by atoms with Crippen LogP contribution in [-0.2, 0) is 0 Å². The van der Waals surface area contributed by atoms with Gasteiger partial charge in [-0.25, -0.2) is 9.07 Å². The highest BCUT2D eigenvalue weighted by atomic mass is 19.1. The van der Waals surface area contributed by atoms with E-state index in [1.165, 1.54) is 23.9 Å². The van der Waals surface area contributed by atoms with Crippen molar-refractivity contribution in [2.45, 2.75) is 0 Å². The van der Waals surface area contributed by atoms with Gasteiger partial charge in [0.2, 0.25) is 0 Å². The van der Waals surface area contributed by atoms with Gasteiger partial charge in [-0.15, -0.1) is 0 Å². The summed E-state index contributed by atoms with van der Waals surface area (Å²) in [5.41, 5.74) is 6.21. The molecule has 0 radical (unpaired) electrons. The Balaban J connectivity index is 2.47. The Labute approximate surface area is 86.1 Å². The van der Waals surface area contributed by atoms with Crippen LogP contribution in [0.1, 0.15) is 0 Å². The van der Waals surface area contributed by atoms with Crippen LogP contribution in [0.15, 0.2) is 30.5 Å². The van der Waals surface area contributed by atoms with Crippen LogP contribution < -0.4 is 10.5 Å². The summed E-state index contributed by atoms with van der Waals surface area (Å²) in [6.07, 6.45) is 1.55. The van der Waals surface area contributed by atoms with Crippen LogP contribution in [0.25, 0.3) is 5.69 Å². The lowest BCUT2D eigenvalue weighted by Crippen LogP contribution is -2.02. The molecule has 0 aliphatic rings. The molecule has 2 aromatic rings. The Morgan fingerprint density at radius 1 is 1.40 bits per heavy atom. The number of rotatable bonds is 2. The van der Waals surface area contributed by atoms with Crippen LogP contribution in [0.4, 0.5) is 10.2 Å². The molecule has 2 rings (SSSR count). The van der Waals surface area contributed by atoms with Crippen molar-refractivity contribution in [2.75, 3.05) is 12.8 Å². The van der Waals surface area contributed by atoms with Crippen molar-refractivity contribution >= 4 is 5.82 Å². The molecule has 0 fully saturated rings. The minimum atomic E-state index is -0.440. The molecule has 5 heteroatoms. The van der Waals surface area contributed by atoms with Gasteiger partial charge in [-0.05, 0) is 12.1 Å². The third kappa shape index (κ3) is 1.63. The monoisotopic (exact) mass is 207 g/mol. The number of nitrogens with zero attached hydrogens (tertiary/aromatic N) is 2. The second kappa shape index (κ2) is 3.61. The van der Waals surface area contributed by atoms with Crippen LogP contribution in [0, 0.1) is 5.82 Å². The van der Waals surface area contributed by atoms with Crippen LogP contribution in [-0.4, -0.2) is 16.9 Å². The lowest BCUT2D eigenvalue weighted by Gasteiger charge is -2.06. The molecule has 0 bridgehead atoms. The normalized spacial score (nSPS) is 10.3. The molecule has 0 amide bonds. The third-order valence-corrected chi connectivity index (χ3v) is 2.05. The zero-order valence-corrected chi connectivity index (χ0v) is 8.14. The number of hydrogen-bond donors (Lipinski definition) is 1. The van der Waals surface area contributed by atoms with Gasteiger partial charge in [-0.3, -0.25) is 0 Å². The van der Waals surface area contributed by atoms with Crippen LogP contribution in [0.5, 0.6) is 5.75 Å². The Kier molecular flexibility index (Phi) is 2.29. The van der Waals surface area contributed by atoms with E-state index in [0.29, 0.717) is 11.5 Å². The number of ether oxygens (including phenoxy) is 1. The standard InChI is InChI=1S/C10H10FN3O/c1-15-9-3-2-7(6-8(9)11)14-10(12)4-5-13-14/h2-6H,12H2,1H3. The van der Waals surface area contributed by atoms with Crippen molar-refractivity contribution in [3.05, 3.63) is 36.3 Å². The second-order valence-electron chi connectivity index (χ2n) is 2.99. The Bertz CT molecular complexity index is 481. The number of nitrogens with two attached hydrogens (primary N) is 1. The predicted molar refractivity (Wildman–Crippen MR) is 54.5 cm³/mol. The molecule has 78 valence electrons. The molecule has 0 unspecified atom stereocenters. The maximum Gasteiger partial charge on any atom is 0.167 e. The Hall–Kier alpha value is -2.04. The van der Waals surface area contributed by atoms with E-state index in [4.69, 9.17) is 10.5 Å². The van der Waals surface area contributed by atoms with Crippen molar-refractivity contribution in [3.8, 4) is 11.4 Å². The summed E-state index contributed by atoms with van der Waals surface area (Å²) in [4.78, 5) is 0. The van der Waals surface area contributed by atoms with Gasteiger partial charge in [-0.1, -0.05) is 0 Å². The summed E-state index contributed by atoms with van der Waals surface area (Å²) in [5.74, 6) is 0.217. The van der Waals surface area contributed by atoms with E-state index in [1.54, 1.807) is 18.3 Å². The molecule has 0 saturated heterocycles. The molecule has 0 saturated carbocycles. The van der Waals surface area contributed by atoms with Crippen LogP contribution in [0.3, 0.4) is 0 Å². The maximum atomic E-state index is 13.4. The van der Waals surface area contributed by atoms with Gasteiger partial charge in [0.15, 0.2) is 11.6 Å². The van der Waals surface area contributed by atoms with Gasteiger partial charge >= 0.3 is 0 Å². The number of aromatic nitrogens is 2. The summed E-state index contributed by atoms with van der Waals surface area (Å²) in [6.45, 7) is 0. The number of benzene rings is 1. The van der Waals surface area contributed by atoms with Gasteiger partial charge in [-0.2, -0.15) is 5.10 Å². The first kappa shape index (κ1) is 9.51.